The maximum absolute atomic E-state index is 13.0. The van der Waals surface area contributed by atoms with Gasteiger partial charge in [-0.1, -0.05) is 24.8 Å². The number of nitrogens with zero attached hydrogens (tertiary/aromatic N) is 2. The SMILES string of the molecule is C=CCn1c(SCC(=O)NC(C)(C)CC)nc2sc3c(c2c1=O)CCC3. The van der Waals surface area contributed by atoms with E-state index >= 15 is 0 Å². The molecule has 5 nitrogen and oxygen atoms in total. The largest absolute Gasteiger partial charge is 0.351 e. The zero-order chi connectivity index (χ0) is 18.9. The topological polar surface area (TPSA) is 64.0 Å². The van der Waals surface area contributed by atoms with Crippen molar-refractivity contribution in [3.8, 4) is 0 Å². The first-order valence-corrected chi connectivity index (χ1v) is 10.8. The maximum atomic E-state index is 13.0. The Labute approximate surface area is 161 Å². The van der Waals surface area contributed by atoms with Crippen LogP contribution in [0.25, 0.3) is 10.2 Å². The molecule has 2 heterocycles. The quantitative estimate of drug-likeness (QED) is 0.445. The van der Waals surface area contributed by atoms with E-state index in [0.29, 0.717) is 11.7 Å². The molecule has 1 aliphatic carbocycles. The molecule has 0 saturated carbocycles. The molecule has 7 heteroatoms. The number of carbonyl (C=O) groups excluding carboxylic acids is 1. The van der Waals surface area contributed by atoms with Gasteiger partial charge in [0.2, 0.25) is 5.91 Å². The van der Waals surface area contributed by atoms with Crippen molar-refractivity contribution in [3.05, 3.63) is 33.4 Å². The fraction of sp³-hybridized carbons (Fsp3) is 0.526. The van der Waals surface area contributed by atoms with Crippen LogP contribution in [0.15, 0.2) is 22.6 Å². The van der Waals surface area contributed by atoms with E-state index in [4.69, 9.17) is 4.98 Å². The molecule has 0 saturated heterocycles. The second-order valence-corrected chi connectivity index (χ2v) is 9.24. The molecular formula is C19H25N3O2S2. The first-order valence-electron chi connectivity index (χ1n) is 8.96. The van der Waals surface area contributed by atoms with Gasteiger partial charge in [-0.3, -0.25) is 14.2 Å². The molecule has 0 aliphatic heterocycles. The molecular weight excluding hydrogens is 366 g/mol. The van der Waals surface area contributed by atoms with Crippen LogP contribution in [-0.4, -0.2) is 26.8 Å². The number of thiophene rings is 1. The molecule has 0 radical (unpaired) electrons. The summed E-state index contributed by atoms with van der Waals surface area (Å²) in [4.78, 5) is 32.1. The molecule has 1 aliphatic rings. The second kappa shape index (κ2) is 7.56. The summed E-state index contributed by atoms with van der Waals surface area (Å²) in [6, 6.07) is 0. The number of carbonyl (C=O) groups is 1. The van der Waals surface area contributed by atoms with Gasteiger partial charge in [0.25, 0.3) is 5.56 Å². The molecule has 0 fully saturated rings. The van der Waals surface area contributed by atoms with Crippen LogP contribution >= 0.6 is 23.1 Å². The highest BCUT2D eigenvalue weighted by Gasteiger charge is 2.24. The van der Waals surface area contributed by atoms with Gasteiger partial charge in [0.05, 0.1) is 11.1 Å². The smallest absolute Gasteiger partial charge is 0.263 e. The van der Waals surface area contributed by atoms with Crippen LogP contribution in [0.5, 0.6) is 0 Å². The minimum absolute atomic E-state index is 0.00824. The molecule has 140 valence electrons. The standard InChI is InChI=1S/C19H25N3O2S2/c1-5-10-22-17(24)15-12-8-7-9-13(12)26-16(15)20-18(22)25-11-14(23)21-19(3,4)6-2/h5H,1,6-11H2,2-4H3,(H,21,23). The van der Waals surface area contributed by atoms with Crippen LogP contribution in [0.3, 0.4) is 0 Å². The molecule has 26 heavy (non-hydrogen) atoms. The lowest BCUT2D eigenvalue weighted by Gasteiger charge is -2.24. The number of aryl methyl sites for hydroxylation is 2. The third-order valence-corrected chi connectivity index (χ3v) is 6.96. The number of amides is 1. The van der Waals surface area contributed by atoms with Gasteiger partial charge in [-0.05, 0) is 45.1 Å². The van der Waals surface area contributed by atoms with E-state index in [2.05, 4.69) is 11.9 Å². The van der Waals surface area contributed by atoms with Gasteiger partial charge in [-0.2, -0.15) is 0 Å². The highest BCUT2D eigenvalue weighted by Crippen LogP contribution is 2.35. The minimum Gasteiger partial charge on any atom is -0.351 e. The van der Waals surface area contributed by atoms with Gasteiger partial charge in [0.1, 0.15) is 4.83 Å². The molecule has 2 aromatic rings. The molecule has 3 rings (SSSR count). The summed E-state index contributed by atoms with van der Waals surface area (Å²) in [5, 5.41) is 4.38. The molecule has 0 unspecified atom stereocenters. The molecule has 1 N–H and O–H groups in total. The summed E-state index contributed by atoms with van der Waals surface area (Å²) >= 11 is 2.94. The third kappa shape index (κ3) is 3.74. The van der Waals surface area contributed by atoms with Crippen LogP contribution in [0.1, 0.15) is 44.1 Å². The molecule has 2 aromatic heterocycles. The maximum Gasteiger partial charge on any atom is 0.263 e. The van der Waals surface area contributed by atoms with Gasteiger partial charge >= 0.3 is 0 Å². The summed E-state index contributed by atoms with van der Waals surface area (Å²) in [5.74, 6) is 0.193. The Bertz CT molecular complexity index is 912. The monoisotopic (exact) mass is 391 g/mol. The van der Waals surface area contributed by atoms with Gasteiger partial charge in [-0.25, -0.2) is 4.98 Å². The fourth-order valence-electron chi connectivity index (χ4n) is 3.09. The Kier molecular flexibility index (Phi) is 5.58. The second-order valence-electron chi connectivity index (χ2n) is 7.21. The van der Waals surface area contributed by atoms with Crippen molar-refractivity contribution in [1.82, 2.24) is 14.9 Å². The number of allylic oxidation sites excluding steroid dienone is 1. The normalized spacial score (nSPS) is 13.8. The molecule has 1 amide bonds. The predicted octanol–water partition coefficient (Wildman–Crippen LogP) is 3.53. The number of thioether (sulfide) groups is 1. The predicted molar refractivity (Wildman–Crippen MR) is 109 cm³/mol. The lowest BCUT2D eigenvalue weighted by molar-refractivity contribution is -0.120. The highest BCUT2D eigenvalue weighted by atomic mass is 32.2. The van der Waals surface area contributed by atoms with E-state index in [9.17, 15) is 9.59 Å². The number of hydrogen-bond donors (Lipinski definition) is 1. The summed E-state index contributed by atoms with van der Waals surface area (Å²) in [6.45, 7) is 10.2. The minimum atomic E-state index is -0.232. The van der Waals surface area contributed by atoms with Gasteiger partial charge in [0.15, 0.2) is 5.16 Å². The average molecular weight is 392 g/mol. The Morgan fingerprint density at radius 3 is 2.92 bits per heavy atom. The summed E-state index contributed by atoms with van der Waals surface area (Å²) in [7, 11) is 0. The van der Waals surface area contributed by atoms with Crippen molar-refractivity contribution >= 4 is 39.2 Å². The molecule has 0 spiro atoms. The number of fused-ring (bicyclic) bond motifs is 3. The molecule has 0 aromatic carbocycles. The van der Waals surface area contributed by atoms with Crippen molar-refractivity contribution in [1.29, 1.82) is 0 Å². The zero-order valence-electron chi connectivity index (χ0n) is 15.6. The van der Waals surface area contributed by atoms with Gasteiger partial charge in [-0.15, -0.1) is 17.9 Å². The lowest BCUT2D eigenvalue weighted by Crippen LogP contribution is -2.43. The van der Waals surface area contributed by atoms with E-state index < -0.39 is 0 Å². The van der Waals surface area contributed by atoms with Crippen LogP contribution in [0.4, 0.5) is 0 Å². The number of hydrogen-bond acceptors (Lipinski definition) is 5. The molecule has 0 bridgehead atoms. The summed E-state index contributed by atoms with van der Waals surface area (Å²) in [5.41, 5.74) is 0.940. The lowest BCUT2D eigenvalue weighted by atomic mass is 10.0. The summed E-state index contributed by atoms with van der Waals surface area (Å²) in [6.07, 6.45) is 5.67. The highest BCUT2D eigenvalue weighted by molar-refractivity contribution is 7.99. The van der Waals surface area contributed by atoms with Crippen LogP contribution in [-0.2, 0) is 24.2 Å². The Morgan fingerprint density at radius 2 is 2.23 bits per heavy atom. The van der Waals surface area contributed by atoms with Crippen LogP contribution in [0.2, 0.25) is 0 Å². The first kappa shape index (κ1) is 19.2. The number of rotatable bonds is 7. The molecule has 0 atom stereocenters. The van der Waals surface area contributed by atoms with Crippen LogP contribution in [0, 0.1) is 0 Å². The third-order valence-electron chi connectivity index (χ3n) is 4.80. The number of aromatic nitrogens is 2. The van der Waals surface area contributed by atoms with Crippen molar-refractivity contribution in [3.63, 3.8) is 0 Å². The van der Waals surface area contributed by atoms with E-state index in [0.717, 1.165) is 35.9 Å². The van der Waals surface area contributed by atoms with E-state index in [1.807, 2.05) is 20.8 Å². The van der Waals surface area contributed by atoms with Crippen molar-refractivity contribution in [2.24, 2.45) is 0 Å². The van der Waals surface area contributed by atoms with Crippen molar-refractivity contribution in [2.75, 3.05) is 5.75 Å². The fourth-order valence-corrected chi connectivity index (χ4v) is 5.20. The summed E-state index contributed by atoms with van der Waals surface area (Å²) < 4.78 is 1.64. The Hall–Kier alpha value is -1.60. The Morgan fingerprint density at radius 1 is 1.46 bits per heavy atom. The van der Waals surface area contributed by atoms with Crippen molar-refractivity contribution < 1.29 is 4.79 Å². The van der Waals surface area contributed by atoms with E-state index in [1.54, 1.807) is 22.0 Å². The van der Waals surface area contributed by atoms with E-state index in [-0.39, 0.29) is 22.8 Å². The van der Waals surface area contributed by atoms with Crippen LogP contribution < -0.4 is 10.9 Å². The van der Waals surface area contributed by atoms with Crippen molar-refractivity contribution in [2.45, 2.75) is 63.7 Å². The average Bonchev–Trinajstić information content (AvgIpc) is 3.16. The number of nitrogens with one attached hydrogen (secondary N) is 1. The van der Waals surface area contributed by atoms with Gasteiger partial charge in [0, 0.05) is 17.0 Å². The zero-order valence-corrected chi connectivity index (χ0v) is 17.2. The van der Waals surface area contributed by atoms with E-state index in [1.165, 1.54) is 22.2 Å². The van der Waals surface area contributed by atoms with Gasteiger partial charge < -0.3 is 5.32 Å². The Balaban J connectivity index is 1.90. The first-order chi connectivity index (χ1) is 12.4.